The van der Waals surface area contributed by atoms with Gasteiger partial charge in [-0.2, -0.15) is 11.8 Å². The van der Waals surface area contributed by atoms with Crippen LogP contribution in [0.4, 0.5) is 0 Å². The molecule has 0 aromatic heterocycles. The summed E-state index contributed by atoms with van der Waals surface area (Å²) >= 11 is 7.64. The lowest BCUT2D eigenvalue weighted by atomic mass is 10.0. The van der Waals surface area contributed by atoms with Gasteiger partial charge in [0.2, 0.25) is 6.10 Å². The number of nitrogens with zero attached hydrogens (tertiary/aromatic N) is 1. The number of thioether (sulfide) groups is 1. The molecule has 1 aromatic carbocycles. The maximum Gasteiger partial charge on any atom is 0.264 e. The van der Waals surface area contributed by atoms with E-state index in [0.717, 1.165) is 17.0 Å². The molecule has 0 spiro atoms. The maximum atomic E-state index is 11.8. The zero-order valence-corrected chi connectivity index (χ0v) is 12.8. The Hall–Kier alpha value is -1.20. The minimum absolute atomic E-state index is 0.0936. The van der Waals surface area contributed by atoms with Crippen LogP contribution in [0.3, 0.4) is 0 Å². The average molecular weight is 313 g/mol. The fraction of sp³-hybridized carbons (Fsp3) is 0.429. The van der Waals surface area contributed by atoms with Crippen LogP contribution in [0, 0.1) is 0 Å². The van der Waals surface area contributed by atoms with E-state index in [2.05, 4.69) is 10.5 Å². The van der Waals surface area contributed by atoms with Crippen molar-refractivity contribution >= 4 is 35.0 Å². The van der Waals surface area contributed by atoms with Gasteiger partial charge < -0.3 is 10.2 Å². The van der Waals surface area contributed by atoms with E-state index in [1.807, 2.05) is 30.5 Å². The minimum Gasteiger partial charge on any atom is -0.382 e. The molecule has 0 radical (unpaired) electrons. The van der Waals surface area contributed by atoms with E-state index >= 15 is 0 Å². The highest BCUT2D eigenvalue weighted by Gasteiger charge is 2.27. The number of amides is 1. The van der Waals surface area contributed by atoms with Crippen molar-refractivity contribution in [3.8, 4) is 0 Å². The zero-order chi connectivity index (χ0) is 14.4. The van der Waals surface area contributed by atoms with Crippen molar-refractivity contribution < 1.29 is 9.63 Å². The summed E-state index contributed by atoms with van der Waals surface area (Å²) in [4.78, 5) is 17.0. The lowest BCUT2D eigenvalue weighted by molar-refractivity contribution is -0.131. The average Bonchev–Trinajstić information content (AvgIpc) is 2.87. The molecule has 1 N–H and O–H groups in total. The van der Waals surface area contributed by atoms with Gasteiger partial charge in [0.15, 0.2) is 0 Å². The molecule has 4 nitrogen and oxygen atoms in total. The van der Waals surface area contributed by atoms with Crippen molar-refractivity contribution in [3.05, 3.63) is 34.9 Å². The maximum absolute atomic E-state index is 11.8. The topological polar surface area (TPSA) is 50.7 Å². The van der Waals surface area contributed by atoms with Crippen LogP contribution in [0.1, 0.15) is 12.0 Å². The van der Waals surface area contributed by atoms with Crippen molar-refractivity contribution in [1.82, 2.24) is 5.32 Å². The molecule has 6 heteroatoms. The van der Waals surface area contributed by atoms with Crippen molar-refractivity contribution in [1.29, 1.82) is 0 Å². The van der Waals surface area contributed by atoms with Crippen molar-refractivity contribution in [2.75, 3.05) is 18.6 Å². The van der Waals surface area contributed by atoms with Crippen molar-refractivity contribution in [2.45, 2.75) is 18.9 Å². The highest BCUT2D eigenvalue weighted by Crippen LogP contribution is 2.17. The van der Waals surface area contributed by atoms with Crippen LogP contribution in [-0.4, -0.2) is 36.3 Å². The number of benzene rings is 1. The number of rotatable bonds is 6. The van der Waals surface area contributed by atoms with E-state index in [9.17, 15) is 4.79 Å². The Balaban J connectivity index is 1.81. The number of hydrogen-bond acceptors (Lipinski definition) is 4. The Morgan fingerprint density at radius 3 is 3.20 bits per heavy atom. The number of carbonyl (C=O) groups excluding carboxylic acids is 1. The van der Waals surface area contributed by atoms with Crippen LogP contribution < -0.4 is 5.32 Å². The highest BCUT2D eigenvalue weighted by atomic mass is 35.5. The standard InChI is InChI=1S/C14H17ClN2O2S/c1-20-6-5-16-14(18)13-9-12(17-19-13)8-10-3-2-4-11(15)7-10/h2-4,7,13H,5-6,8-9H2,1H3,(H,16,18)/t13-/m1/s1. The Kier molecular flexibility index (Phi) is 5.73. The van der Waals surface area contributed by atoms with Crippen molar-refractivity contribution in [2.24, 2.45) is 5.16 Å². The number of halogens is 1. The van der Waals surface area contributed by atoms with E-state index in [-0.39, 0.29) is 5.91 Å². The van der Waals surface area contributed by atoms with Crippen LogP contribution in [0.2, 0.25) is 5.02 Å². The summed E-state index contributed by atoms with van der Waals surface area (Å²) in [5.74, 6) is 0.804. The Morgan fingerprint density at radius 1 is 1.60 bits per heavy atom. The first-order valence-electron chi connectivity index (χ1n) is 6.41. The van der Waals surface area contributed by atoms with Gasteiger partial charge in [-0.25, -0.2) is 0 Å². The predicted molar refractivity (Wildman–Crippen MR) is 83.5 cm³/mol. The van der Waals surface area contributed by atoms with E-state index in [1.165, 1.54) is 0 Å². The summed E-state index contributed by atoms with van der Waals surface area (Å²) in [6.45, 7) is 0.656. The SMILES string of the molecule is CSCCNC(=O)[C@H]1CC(Cc2cccc(Cl)c2)=NO1. The molecule has 1 atom stereocenters. The second-order valence-electron chi connectivity index (χ2n) is 4.55. The number of nitrogens with one attached hydrogen (secondary N) is 1. The van der Waals surface area contributed by atoms with Crippen LogP contribution in [0.5, 0.6) is 0 Å². The van der Waals surface area contributed by atoms with Crippen LogP contribution in [0.15, 0.2) is 29.4 Å². The molecular formula is C14H17ClN2O2S. The van der Waals surface area contributed by atoms with Crippen LogP contribution in [0.25, 0.3) is 0 Å². The van der Waals surface area contributed by atoms with Gasteiger partial charge in [0.1, 0.15) is 0 Å². The third kappa shape index (κ3) is 4.42. The molecule has 1 aliphatic rings. The summed E-state index contributed by atoms with van der Waals surface area (Å²) in [6.07, 6.45) is 2.71. The lowest BCUT2D eigenvalue weighted by Crippen LogP contribution is -2.36. The Morgan fingerprint density at radius 2 is 2.45 bits per heavy atom. The number of oxime groups is 1. The van der Waals surface area contributed by atoms with Crippen LogP contribution in [-0.2, 0) is 16.1 Å². The molecule has 1 amide bonds. The first-order chi connectivity index (χ1) is 9.69. The van der Waals surface area contributed by atoms with E-state index < -0.39 is 6.10 Å². The normalized spacial score (nSPS) is 17.5. The minimum atomic E-state index is -0.494. The van der Waals surface area contributed by atoms with Gasteiger partial charge in [0.25, 0.3) is 5.91 Å². The summed E-state index contributed by atoms with van der Waals surface area (Å²) in [5.41, 5.74) is 1.94. The van der Waals surface area contributed by atoms with Gasteiger partial charge in [-0.1, -0.05) is 28.9 Å². The Bertz CT molecular complexity index is 508. The molecule has 0 unspecified atom stereocenters. The first-order valence-corrected chi connectivity index (χ1v) is 8.19. The number of carbonyl (C=O) groups is 1. The third-order valence-corrected chi connectivity index (χ3v) is 3.77. The summed E-state index contributed by atoms with van der Waals surface area (Å²) in [5, 5.41) is 7.54. The lowest BCUT2D eigenvalue weighted by Gasteiger charge is -2.08. The summed E-state index contributed by atoms with van der Waals surface area (Å²) in [6, 6.07) is 7.62. The van der Waals surface area contributed by atoms with E-state index in [0.29, 0.717) is 24.4 Å². The third-order valence-electron chi connectivity index (χ3n) is 2.93. The first kappa shape index (κ1) is 15.2. The van der Waals surface area contributed by atoms with Gasteiger partial charge in [0.05, 0.1) is 5.71 Å². The summed E-state index contributed by atoms with van der Waals surface area (Å²) < 4.78 is 0. The van der Waals surface area contributed by atoms with E-state index in [4.69, 9.17) is 16.4 Å². The quantitative estimate of drug-likeness (QED) is 0.821. The molecule has 1 aromatic rings. The van der Waals surface area contributed by atoms with Gasteiger partial charge in [0, 0.05) is 30.2 Å². The molecule has 0 saturated heterocycles. The predicted octanol–water partition coefficient (Wildman–Crippen LogP) is 2.51. The fourth-order valence-electron chi connectivity index (χ4n) is 1.94. The zero-order valence-electron chi connectivity index (χ0n) is 11.3. The molecule has 0 bridgehead atoms. The highest BCUT2D eigenvalue weighted by molar-refractivity contribution is 7.98. The monoisotopic (exact) mass is 312 g/mol. The van der Waals surface area contributed by atoms with Gasteiger partial charge in [-0.15, -0.1) is 0 Å². The molecule has 1 aliphatic heterocycles. The molecule has 1 heterocycles. The number of hydrogen-bond donors (Lipinski definition) is 1. The van der Waals surface area contributed by atoms with Gasteiger partial charge in [-0.3, -0.25) is 4.79 Å². The largest absolute Gasteiger partial charge is 0.382 e. The molecule has 108 valence electrons. The molecular weight excluding hydrogens is 296 g/mol. The molecule has 0 aliphatic carbocycles. The molecule has 2 rings (SSSR count). The second-order valence-corrected chi connectivity index (χ2v) is 5.97. The van der Waals surface area contributed by atoms with Crippen molar-refractivity contribution in [3.63, 3.8) is 0 Å². The smallest absolute Gasteiger partial charge is 0.264 e. The molecule has 20 heavy (non-hydrogen) atoms. The molecule has 0 saturated carbocycles. The Labute approximate surface area is 127 Å². The molecule has 0 fully saturated rings. The van der Waals surface area contributed by atoms with Gasteiger partial charge >= 0.3 is 0 Å². The summed E-state index contributed by atoms with van der Waals surface area (Å²) in [7, 11) is 0. The van der Waals surface area contributed by atoms with Crippen LogP contribution >= 0.6 is 23.4 Å². The van der Waals surface area contributed by atoms with Gasteiger partial charge in [-0.05, 0) is 24.0 Å². The second kappa shape index (κ2) is 7.55. The van der Waals surface area contributed by atoms with E-state index in [1.54, 1.807) is 11.8 Å². The fourth-order valence-corrected chi connectivity index (χ4v) is 2.46.